The molecule has 3 aromatic carbocycles. The van der Waals surface area contributed by atoms with Crippen LogP contribution in [0.1, 0.15) is 17.0 Å². The maximum Gasteiger partial charge on any atom is 0.269 e. The summed E-state index contributed by atoms with van der Waals surface area (Å²) in [5.74, 6) is -0.323. The van der Waals surface area contributed by atoms with Crippen molar-refractivity contribution in [3.63, 3.8) is 0 Å². The van der Waals surface area contributed by atoms with Crippen LogP contribution in [0.2, 0.25) is 0 Å². The molecule has 7 nitrogen and oxygen atoms in total. The highest BCUT2D eigenvalue weighted by Crippen LogP contribution is 2.38. The Labute approximate surface area is 166 Å². The number of carbonyl (C=O) groups is 1. The zero-order valence-electron chi connectivity index (χ0n) is 15.5. The van der Waals surface area contributed by atoms with Crippen LogP contribution in [0.4, 0.5) is 17.1 Å². The third-order valence-electron chi connectivity index (χ3n) is 4.74. The average Bonchev–Trinajstić information content (AvgIpc) is 3.07. The van der Waals surface area contributed by atoms with E-state index in [1.54, 1.807) is 37.4 Å². The second-order valence-electron chi connectivity index (χ2n) is 6.51. The van der Waals surface area contributed by atoms with Gasteiger partial charge in [-0.1, -0.05) is 30.3 Å². The molecule has 144 valence electrons. The molecule has 29 heavy (non-hydrogen) atoms. The molecule has 1 aliphatic rings. The summed E-state index contributed by atoms with van der Waals surface area (Å²) in [4.78, 5) is 28.3. The van der Waals surface area contributed by atoms with E-state index in [9.17, 15) is 14.9 Å². The molecule has 0 aliphatic carbocycles. The van der Waals surface area contributed by atoms with Crippen molar-refractivity contribution in [3.8, 4) is 5.75 Å². The Morgan fingerprint density at radius 1 is 1.07 bits per heavy atom. The summed E-state index contributed by atoms with van der Waals surface area (Å²) in [6.07, 6.45) is 0. The molecule has 1 heterocycles. The van der Waals surface area contributed by atoms with Gasteiger partial charge in [-0.05, 0) is 35.9 Å². The normalized spacial score (nSPS) is 15.6. The van der Waals surface area contributed by atoms with Gasteiger partial charge in [-0.2, -0.15) is 0 Å². The number of nitro groups is 1. The number of nitrogens with one attached hydrogen (secondary N) is 1. The second-order valence-corrected chi connectivity index (χ2v) is 6.51. The number of amides is 1. The summed E-state index contributed by atoms with van der Waals surface area (Å²) in [6.45, 7) is 0. The van der Waals surface area contributed by atoms with Gasteiger partial charge in [-0.3, -0.25) is 19.9 Å². The molecule has 7 heteroatoms. The molecule has 0 fully saturated rings. The van der Waals surface area contributed by atoms with Crippen LogP contribution in [0.3, 0.4) is 0 Å². The third-order valence-corrected chi connectivity index (χ3v) is 4.74. The molecule has 1 atom stereocenters. The van der Waals surface area contributed by atoms with Gasteiger partial charge in [0, 0.05) is 23.4 Å². The summed E-state index contributed by atoms with van der Waals surface area (Å²) in [5, 5.41) is 14.0. The van der Waals surface area contributed by atoms with Gasteiger partial charge in [0.15, 0.2) is 0 Å². The van der Waals surface area contributed by atoms with Crippen molar-refractivity contribution < 1.29 is 14.5 Å². The van der Waals surface area contributed by atoms with E-state index >= 15 is 0 Å². The maximum atomic E-state index is 12.8. The number of hydrogen-bond donors (Lipinski definition) is 1. The maximum absolute atomic E-state index is 12.8. The lowest BCUT2D eigenvalue weighted by molar-refractivity contribution is -0.384. The number of hydrogen-bond acceptors (Lipinski definition) is 5. The van der Waals surface area contributed by atoms with Crippen molar-refractivity contribution in [2.45, 2.75) is 5.92 Å². The number of anilines is 1. The monoisotopic (exact) mass is 387 g/mol. The van der Waals surface area contributed by atoms with Gasteiger partial charge >= 0.3 is 0 Å². The highest BCUT2D eigenvalue weighted by molar-refractivity contribution is 6.24. The molecule has 0 aromatic heterocycles. The Kier molecular flexibility index (Phi) is 4.78. The van der Waals surface area contributed by atoms with Gasteiger partial charge in [-0.25, -0.2) is 0 Å². The Morgan fingerprint density at radius 3 is 2.45 bits per heavy atom. The third kappa shape index (κ3) is 3.58. The molecule has 0 saturated carbocycles. The molecule has 0 spiro atoms. The number of fused-ring (bicyclic) bond motifs is 1. The van der Waals surface area contributed by atoms with E-state index in [1.165, 1.54) is 12.1 Å². The van der Waals surface area contributed by atoms with E-state index in [-0.39, 0.29) is 11.6 Å². The van der Waals surface area contributed by atoms with Crippen LogP contribution in [-0.4, -0.2) is 23.7 Å². The fourth-order valence-corrected chi connectivity index (χ4v) is 3.33. The first-order valence-electron chi connectivity index (χ1n) is 8.94. The molecule has 0 bridgehead atoms. The topological polar surface area (TPSA) is 93.8 Å². The van der Waals surface area contributed by atoms with E-state index in [0.717, 1.165) is 5.56 Å². The fourth-order valence-electron chi connectivity index (χ4n) is 3.33. The lowest BCUT2D eigenvalue weighted by atomic mass is 9.90. The van der Waals surface area contributed by atoms with Gasteiger partial charge in [0.2, 0.25) is 5.91 Å². The molecule has 4 rings (SSSR count). The highest BCUT2D eigenvalue weighted by atomic mass is 16.6. The zero-order chi connectivity index (χ0) is 20.4. The fraction of sp³-hybridized carbons (Fsp3) is 0.0909. The minimum atomic E-state index is -0.755. The molecular weight excluding hydrogens is 370 g/mol. The number of ether oxygens (including phenoxy) is 1. The Hall–Kier alpha value is -4.00. The average molecular weight is 387 g/mol. The van der Waals surface area contributed by atoms with Crippen molar-refractivity contribution in [1.82, 2.24) is 0 Å². The molecule has 1 amide bonds. The van der Waals surface area contributed by atoms with Crippen molar-refractivity contribution in [2.75, 3.05) is 12.4 Å². The molecule has 1 N–H and O–H groups in total. The van der Waals surface area contributed by atoms with Crippen LogP contribution in [-0.2, 0) is 4.79 Å². The Balaban J connectivity index is 1.86. The predicted molar refractivity (Wildman–Crippen MR) is 110 cm³/mol. The number of nitro benzene ring substituents is 1. The van der Waals surface area contributed by atoms with E-state index in [1.807, 2.05) is 30.3 Å². The molecule has 3 aromatic rings. The lowest BCUT2D eigenvalue weighted by Crippen LogP contribution is -2.22. The molecular formula is C22H17N3O4. The van der Waals surface area contributed by atoms with Crippen LogP contribution in [0.25, 0.3) is 0 Å². The van der Waals surface area contributed by atoms with Crippen molar-refractivity contribution in [3.05, 3.63) is 94.0 Å². The minimum Gasteiger partial charge on any atom is -0.497 e. The van der Waals surface area contributed by atoms with Crippen molar-refractivity contribution in [2.24, 2.45) is 4.99 Å². The zero-order valence-corrected chi connectivity index (χ0v) is 15.5. The molecule has 0 radical (unpaired) electrons. The van der Waals surface area contributed by atoms with Gasteiger partial charge in [0.05, 0.1) is 23.4 Å². The largest absolute Gasteiger partial charge is 0.497 e. The summed E-state index contributed by atoms with van der Waals surface area (Å²) < 4.78 is 5.18. The summed E-state index contributed by atoms with van der Waals surface area (Å²) >= 11 is 0. The smallest absolute Gasteiger partial charge is 0.269 e. The summed E-state index contributed by atoms with van der Waals surface area (Å²) in [5.41, 5.74) is 2.97. The number of aliphatic imine (C=N–C) groups is 1. The minimum absolute atomic E-state index is 0.0675. The van der Waals surface area contributed by atoms with Crippen LogP contribution >= 0.6 is 0 Å². The Morgan fingerprint density at radius 2 is 1.79 bits per heavy atom. The van der Waals surface area contributed by atoms with Crippen molar-refractivity contribution in [1.29, 1.82) is 0 Å². The van der Waals surface area contributed by atoms with E-state index in [4.69, 9.17) is 9.73 Å². The molecule has 0 saturated heterocycles. The lowest BCUT2D eigenvalue weighted by Gasteiger charge is -2.14. The van der Waals surface area contributed by atoms with Gasteiger partial charge < -0.3 is 10.1 Å². The van der Waals surface area contributed by atoms with Gasteiger partial charge in [-0.15, -0.1) is 0 Å². The first-order chi connectivity index (χ1) is 14.1. The summed E-state index contributed by atoms with van der Waals surface area (Å²) in [6, 6.07) is 20.9. The number of carbonyl (C=O) groups excluding carboxylic acids is 1. The standard InChI is InChI=1S/C22H17N3O4/c1-29-17-10-7-15(8-11-17)23-21(14-5-3-2-4-6-14)20-18-13-16(25(27)28)9-12-19(18)24-22(20)26/h2-13,20H,1H3,(H,24,26). The number of nitrogens with zero attached hydrogens (tertiary/aromatic N) is 2. The van der Waals surface area contributed by atoms with E-state index < -0.39 is 10.8 Å². The van der Waals surface area contributed by atoms with E-state index in [0.29, 0.717) is 28.4 Å². The first kappa shape index (κ1) is 18.4. The quantitative estimate of drug-likeness (QED) is 0.397. The number of benzene rings is 3. The number of non-ortho nitro benzene ring substituents is 1. The first-order valence-corrected chi connectivity index (χ1v) is 8.94. The summed E-state index contributed by atoms with van der Waals surface area (Å²) in [7, 11) is 1.58. The van der Waals surface area contributed by atoms with E-state index in [2.05, 4.69) is 5.32 Å². The van der Waals surface area contributed by atoms with Gasteiger partial charge in [0.25, 0.3) is 5.69 Å². The van der Waals surface area contributed by atoms with Crippen LogP contribution in [0.15, 0.2) is 77.8 Å². The number of rotatable bonds is 5. The second kappa shape index (κ2) is 7.55. The van der Waals surface area contributed by atoms with Crippen LogP contribution in [0, 0.1) is 10.1 Å². The molecule has 1 unspecified atom stereocenters. The predicted octanol–water partition coefficient (Wildman–Crippen LogP) is 4.46. The Bertz CT molecular complexity index is 1110. The van der Waals surface area contributed by atoms with Crippen LogP contribution < -0.4 is 10.1 Å². The van der Waals surface area contributed by atoms with Crippen LogP contribution in [0.5, 0.6) is 5.75 Å². The van der Waals surface area contributed by atoms with Crippen molar-refractivity contribution >= 4 is 28.7 Å². The molecule has 1 aliphatic heterocycles. The number of methoxy groups -OCH3 is 1. The SMILES string of the molecule is COc1ccc(N=C(c2ccccc2)C2C(=O)Nc3ccc([N+](=O)[O-])cc32)cc1. The highest BCUT2D eigenvalue weighted by Gasteiger charge is 2.36. The van der Waals surface area contributed by atoms with Gasteiger partial charge in [0.1, 0.15) is 11.7 Å².